The minimum absolute atomic E-state index is 0.0572. The van der Waals surface area contributed by atoms with Gasteiger partial charge in [-0.15, -0.1) is 0 Å². The molecule has 0 aromatic carbocycles. The molecule has 2 unspecified atom stereocenters. The first-order valence-electron chi connectivity index (χ1n) is 7.09. The smallest absolute Gasteiger partial charge is 0.257 e. The van der Waals surface area contributed by atoms with Gasteiger partial charge in [-0.3, -0.25) is 14.8 Å². The average molecular weight is 279 g/mol. The highest BCUT2D eigenvalue weighted by atomic mass is 16.5. The molecule has 4 N–H and O–H groups in total. The Morgan fingerprint density at radius 1 is 1.65 bits per heavy atom. The first-order chi connectivity index (χ1) is 9.65. The number of hydrogen-bond donors (Lipinski definition) is 3. The van der Waals surface area contributed by atoms with E-state index in [4.69, 9.17) is 10.5 Å². The first kappa shape index (κ1) is 13.4. The van der Waals surface area contributed by atoms with Gasteiger partial charge in [0, 0.05) is 24.8 Å². The molecule has 20 heavy (non-hydrogen) atoms. The zero-order valence-corrected chi connectivity index (χ0v) is 11.7. The van der Waals surface area contributed by atoms with Gasteiger partial charge in [-0.1, -0.05) is 0 Å². The molecule has 110 valence electrons. The van der Waals surface area contributed by atoms with Gasteiger partial charge >= 0.3 is 0 Å². The summed E-state index contributed by atoms with van der Waals surface area (Å²) in [5.41, 5.74) is 6.79. The summed E-state index contributed by atoms with van der Waals surface area (Å²) in [5, 5.41) is 9.42. The van der Waals surface area contributed by atoms with Crippen LogP contribution in [0.1, 0.15) is 28.9 Å². The lowest BCUT2D eigenvalue weighted by atomic mass is 10.2. The lowest BCUT2D eigenvalue weighted by Crippen LogP contribution is -2.50. The maximum absolute atomic E-state index is 12.1. The van der Waals surface area contributed by atoms with Gasteiger partial charge in [0.25, 0.3) is 5.91 Å². The van der Waals surface area contributed by atoms with E-state index in [-0.39, 0.29) is 17.8 Å². The van der Waals surface area contributed by atoms with Crippen molar-refractivity contribution < 1.29 is 9.53 Å². The molecule has 0 saturated carbocycles. The molecule has 0 bridgehead atoms. The molecular formula is C13H21N5O2. The van der Waals surface area contributed by atoms with Crippen molar-refractivity contribution in [1.82, 2.24) is 20.4 Å². The fourth-order valence-electron chi connectivity index (χ4n) is 3.04. The summed E-state index contributed by atoms with van der Waals surface area (Å²) in [6.45, 7) is 5.10. The number of nitrogens with one attached hydrogen (secondary N) is 2. The average Bonchev–Trinajstić information content (AvgIpc) is 3.02. The van der Waals surface area contributed by atoms with Gasteiger partial charge in [0.1, 0.15) is 5.56 Å². The number of anilines is 1. The van der Waals surface area contributed by atoms with Gasteiger partial charge in [-0.2, -0.15) is 5.10 Å². The Morgan fingerprint density at radius 2 is 2.50 bits per heavy atom. The van der Waals surface area contributed by atoms with Crippen LogP contribution < -0.4 is 11.1 Å². The van der Waals surface area contributed by atoms with E-state index in [1.165, 1.54) is 12.8 Å². The molecule has 1 amide bonds. The maximum atomic E-state index is 12.1. The Labute approximate surface area is 117 Å². The van der Waals surface area contributed by atoms with Crippen molar-refractivity contribution in [1.29, 1.82) is 0 Å². The summed E-state index contributed by atoms with van der Waals surface area (Å²) in [7, 11) is 0. The second-order valence-corrected chi connectivity index (χ2v) is 5.57. The number of hydrogen-bond acceptors (Lipinski definition) is 5. The van der Waals surface area contributed by atoms with E-state index in [1.807, 2.05) is 0 Å². The van der Waals surface area contributed by atoms with E-state index in [0.29, 0.717) is 23.8 Å². The molecule has 1 aromatic heterocycles. The molecule has 7 nitrogen and oxygen atoms in total. The molecule has 2 aliphatic rings. The first-order valence-corrected chi connectivity index (χ1v) is 7.09. The molecule has 3 heterocycles. The zero-order chi connectivity index (χ0) is 14.1. The molecule has 0 radical (unpaired) electrons. The van der Waals surface area contributed by atoms with Crippen LogP contribution in [-0.2, 0) is 4.74 Å². The quantitative estimate of drug-likeness (QED) is 0.717. The molecule has 7 heteroatoms. The molecule has 2 saturated heterocycles. The number of fused-ring (bicyclic) bond motifs is 1. The van der Waals surface area contributed by atoms with Gasteiger partial charge < -0.3 is 15.8 Å². The third-order valence-electron chi connectivity index (χ3n) is 4.15. The number of nitrogens with zero attached hydrogens (tertiary/aromatic N) is 2. The van der Waals surface area contributed by atoms with Crippen molar-refractivity contribution in [3.63, 3.8) is 0 Å². The number of rotatable bonds is 3. The fourth-order valence-corrected chi connectivity index (χ4v) is 3.04. The van der Waals surface area contributed by atoms with E-state index in [0.717, 1.165) is 19.7 Å². The number of nitrogens with two attached hydrogens (primary N) is 1. The summed E-state index contributed by atoms with van der Waals surface area (Å²) in [5.74, 6) is 0.0464. The van der Waals surface area contributed by atoms with Crippen LogP contribution in [-0.4, -0.2) is 59.4 Å². The highest BCUT2D eigenvalue weighted by Crippen LogP contribution is 2.22. The Balaban J connectivity index is 1.53. The van der Waals surface area contributed by atoms with Crippen LogP contribution in [0.25, 0.3) is 0 Å². The van der Waals surface area contributed by atoms with E-state index >= 15 is 0 Å². The van der Waals surface area contributed by atoms with Crippen LogP contribution in [0.5, 0.6) is 0 Å². The Morgan fingerprint density at radius 3 is 3.25 bits per heavy atom. The fraction of sp³-hybridized carbons (Fsp3) is 0.692. The van der Waals surface area contributed by atoms with Gasteiger partial charge in [-0.25, -0.2) is 0 Å². The Bertz CT molecular complexity index is 481. The van der Waals surface area contributed by atoms with Crippen LogP contribution in [0.2, 0.25) is 0 Å². The number of ether oxygens (including phenoxy) is 1. The molecule has 2 atom stereocenters. The lowest BCUT2D eigenvalue weighted by molar-refractivity contribution is -0.0461. The molecule has 0 aliphatic carbocycles. The molecule has 0 spiro atoms. The summed E-state index contributed by atoms with van der Waals surface area (Å²) < 4.78 is 5.81. The van der Waals surface area contributed by atoms with Crippen LogP contribution >= 0.6 is 0 Å². The number of aromatic nitrogens is 2. The SMILES string of the molecule is Cc1[nH]nc(N)c1C(=O)NCC1CN2CCCC2CO1. The highest BCUT2D eigenvalue weighted by molar-refractivity contribution is 5.99. The van der Waals surface area contributed by atoms with Crippen LogP contribution in [0.15, 0.2) is 0 Å². The number of aromatic amines is 1. The largest absolute Gasteiger partial charge is 0.382 e. The second kappa shape index (κ2) is 5.41. The predicted octanol–water partition coefficient (Wildman–Crippen LogP) is -0.107. The summed E-state index contributed by atoms with van der Waals surface area (Å²) in [6.07, 6.45) is 2.53. The van der Waals surface area contributed by atoms with Gasteiger partial charge in [0.05, 0.1) is 12.7 Å². The monoisotopic (exact) mass is 279 g/mol. The van der Waals surface area contributed by atoms with Crippen LogP contribution in [0, 0.1) is 6.92 Å². The molecular weight excluding hydrogens is 258 g/mol. The van der Waals surface area contributed by atoms with Gasteiger partial charge in [0.15, 0.2) is 5.82 Å². The molecule has 2 fully saturated rings. The van der Waals surface area contributed by atoms with Gasteiger partial charge in [0.2, 0.25) is 0 Å². The Hall–Kier alpha value is -1.60. The second-order valence-electron chi connectivity index (χ2n) is 5.57. The van der Waals surface area contributed by atoms with E-state index in [1.54, 1.807) is 6.92 Å². The summed E-state index contributed by atoms with van der Waals surface area (Å²) in [4.78, 5) is 14.6. The van der Waals surface area contributed by atoms with Crippen molar-refractivity contribution in [2.75, 3.05) is 32.0 Å². The van der Waals surface area contributed by atoms with E-state index in [2.05, 4.69) is 20.4 Å². The zero-order valence-electron chi connectivity index (χ0n) is 11.7. The number of morpholine rings is 1. The Kier molecular flexibility index (Phi) is 3.62. The van der Waals surface area contributed by atoms with Crippen molar-refractivity contribution in [3.05, 3.63) is 11.3 Å². The standard InChI is InChI=1S/C13H21N5O2/c1-8-11(12(14)17-16-8)13(19)15-5-10-6-18-4-2-3-9(18)7-20-10/h9-10H,2-7H2,1H3,(H,15,19)(H3,14,16,17). The molecule has 2 aliphatic heterocycles. The van der Waals surface area contributed by atoms with Crippen molar-refractivity contribution in [2.45, 2.75) is 31.9 Å². The van der Waals surface area contributed by atoms with E-state index < -0.39 is 0 Å². The normalized spacial score (nSPS) is 26.4. The minimum Gasteiger partial charge on any atom is -0.382 e. The maximum Gasteiger partial charge on any atom is 0.257 e. The van der Waals surface area contributed by atoms with E-state index in [9.17, 15) is 4.79 Å². The topological polar surface area (TPSA) is 96.3 Å². The number of amides is 1. The summed E-state index contributed by atoms with van der Waals surface area (Å²) in [6, 6.07) is 0.578. The number of nitrogen functional groups attached to an aromatic ring is 1. The third kappa shape index (κ3) is 2.51. The number of aryl methyl sites for hydroxylation is 1. The molecule has 1 aromatic rings. The molecule has 3 rings (SSSR count). The third-order valence-corrected chi connectivity index (χ3v) is 4.15. The van der Waals surface area contributed by atoms with Gasteiger partial charge in [-0.05, 0) is 26.3 Å². The minimum atomic E-state index is -0.194. The van der Waals surface area contributed by atoms with Crippen molar-refractivity contribution in [2.24, 2.45) is 0 Å². The van der Waals surface area contributed by atoms with Crippen LogP contribution in [0.3, 0.4) is 0 Å². The highest BCUT2D eigenvalue weighted by Gasteiger charge is 2.32. The van der Waals surface area contributed by atoms with Crippen molar-refractivity contribution >= 4 is 11.7 Å². The van der Waals surface area contributed by atoms with Crippen LogP contribution in [0.4, 0.5) is 5.82 Å². The number of carbonyl (C=O) groups excluding carboxylic acids is 1. The number of carbonyl (C=O) groups is 1. The number of H-pyrrole nitrogens is 1. The lowest BCUT2D eigenvalue weighted by Gasteiger charge is -2.35. The predicted molar refractivity (Wildman–Crippen MR) is 74.4 cm³/mol. The van der Waals surface area contributed by atoms with Crippen molar-refractivity contribution in [3.8, 4) is 0 Å². The summed E-state index contributed by atoms with van der Waals surface area (Å²) >= 11 is 0.